The average Bonchev–Trinajstić information content (AvgIpc) is 2.94. The van der Waals surface area contributed by atoms with Crippen LogP contribution in [0.15, 0.2) is 18.2 Å². The van der Waals surface area contributed by atoms with Crippen molar-refractivity contribution in [3.8, 4) is 11.5 Å². The number of aryl methyl sites for hydroxylation is 1. The lowest BCUT2D eigenvalue weighted by Crippen LogP contribution is -2.21. The number of benzene rings is 1. The number of rotatable bonds is 7. The molecule has 1 atom stereocenters. The predicted octanol–water partition coefficient (Wildman–Crippen LogP) is 2.50. The molecule has 8 heteroatoms. The van der Waals surface area contributed by atoms with Crippen molar-refractivity contribution < 1.29 is 28.9 Å². The van der Waals surface area contributed by atoms with Crippen LogP contribution in [-0.4, -0.2) is 42.8 Å². The van der Waals surface area contributed by atoms with Crippen LogP contribution in [0.25, 0.3) is 0 Å². The number of amides is 1. The maximum atomic E-state index is 12.3. The molecular weight excluding hydrogens is 352 g/mol. The summed E-state index contributed by atoms with van der Waals surface area (Å²) in [6, 6.07) is 4.96. The smallest absolute Gasteiger partial charge is 0.355 e. The lowest BCUT2D eigenvalue weighted by molar-refractivity contribution is -0.119. The van der Waals surface area contributed by atoms with E-state index in [1.807, 2.05) is 0 Å². The van der Waals surface area contributed by atoms with Crippen molar-refractivity contribution >= 4 is 17.6 Å². The number of esters is 1. The molecule has 27 heavy (non-hydrogen) atoms. The van der Waals surface area contributed by atoms with Gasteiger partial charge in [-0.05, 0) is 38.5 Å². The van der Waals surface area contributed by atoms with E-state index in [4.69, 9.17) is 14.2 Å². The zero-order valence-corrected chi connectivity index (χ0v) is 16.0. The molecule has 0 aliphatic carbocycles. The molecule has 0 aliphatic heterocycles. The van der Waals surface area contributed by atoms with E-state index < -0.39 is 24.6 Å². The second-order valence-electron chi connectivity index (χ2n) is 6.03. The molecule has 0 aliphatic rings. The van der Waals surface area contributed by atoms with E-state index in [1.165, 1.54) is 14.2 Å². The molecule has 1 aromatic heterocycles. The highest BCUT2D eigenvalue weighted by molar-refractivity contribution is 5.96. The Kier molecular flexibility index (Phi) is 6.46. The van der Waals surface area contributed by atoms with Crippen molar-refractivity contribution in [2.24, 2.45) is 0 Å². The van der Waals surface area contributed by atoms with Gasteiger partial charge in [0.15, 0.2) is 6.61 Å². The number of carbonyl (C=O) groups is 2. The number of H-pyrrole nitrogens is 1. The van der Waals surface area contributed by atoms with Crippen LogP contribution in [0.4, 0.5) is 5.69 Å². The second-order valence-corrected chi connectivity index (χ2v) is 6.03. The first-order valence-corrected chi connectivity index (χ1v) is 8.34. The van der Waals surface area contributed by atoms with Gasteiger partial charge in [-0.1, -0.05) is 0 Å². The molecule has 0 radical (unpaired) electrons. The van der Waals surface area contributed by atoms with Crippen LogP contribution in [0.1, 0.15) is 40.3 Å². The molecule has 0 spiro atoms. The van der Waals surface area contributed by atoms with E-state index in [2.05, 4.69) is 10.3 Å². The maximum Gasteiger partial charge on any atom is 0.355 e. The Labute approximate surface area is 157 Å². The number of methoxy groups -OCH3 is 2. The van der Waals surface area contributed by atoms with Gasteiger partial charge >= 0.3 is 5.97 Å². The number of aromatic nitrogens is 1. The van der Waals surface area contributed by atoms with Gasteiger partial charge < -0.3 is 29.6 Å². The molecule has 1 aromatic carbocycles. The molecule has 146 valence electrons. The lowest BCUT2D eigenvalue weighted by Gasteiger charge is -2.12. The monoisotopic (exact) mass is 376 g/mol. The fourth-order valence-corrected chi connectivity index (χ4v) is 2.90. The molecule has 0 saturated heterocycles. The number of nitrogens with one attached hydrogen (secondary N) is 2. The zero-order valence-electron chi connectivity index (χ0n) is 16.0. The van der Waals surface area contributed by atoms with E-state index in [9.17, 15) is 14.7 Å². The Morgan fingerprint density at radius 2 is 1.93 bits per heavy atom. The third kappa shape index (κ3) is 4.59. The first-order valence-electron chi connectivity index (χ1n) is 8.34. The fraction of sp³-hybridized carbons (Fsp3) is 0.368. The summed E-state index contributed by atoms with van der Waals surface area (Å²) in [6.07, 6.45) is -0.716. The predicted molar refractivity (Wildman–Crippen MR) is 99.4 cm³/mol. The second kappa shape index (κ2) is 8.59. The standard InChI is InChI=1S/C19H24N2O6/c1-10-17(12(3)22)11(2)20-18(10)19(24)27-9-16(23)21-14-8-13(25-4)6-7-15(14)26-5/h6-8,12,20,22H,9H2,1-5H3,(H,21,23)/t12-/m1/s1. The molecular formula is C19H24N2O6. The molecule has 8 nitrogen and oxygen atoms in total. The van der Waals surface area contributed by atoms with Crippen LogP contribution < -0.4 is 14.8 Å². The van der Waals surface area contributed by atoms with Crippen LogP contribution in [0.3, 0.4) is 0 Å². The van der Waals surface area contributed by atoms with E-state index in [-0.39, 0.29) is 5.69 Å². The highest BCUT2D eigenvalue weighted by Gasteiger charge is 2.21. The zero-order chi connectivity index (χ0) is 20.1. The first kappa shape index (κ1) is 20.3. The number of aromatic amines is 1. The minimum absolute atomic E-state index is 0.218. The van der Waals surface area contributed by atoms with Gasteiger partial charge in [-0.3, -0.25) is 4.79 Å². The van der Waals surface area contributed by atoms with E-state index in [0.717, 1.165) is 0 Å². The quantitative estimate of drug-likeness (QED) is 0.641. The Morgan fingerprint density at radius 1 is 1.22 bits per heavy atom. The molecule has 1 amide bonds. The van der Waals surface area contributed by atoms with Crippen LogP contribution in [-0.2, 0) is 9.53 Å². The fourth-order valence-electron chi connectivity index (χ4n) is 2.90. The number of carbonyl (C=O) groups excluding carboxylic acids is 2. The van der Waals surface area contributed by atoms with Gasteiger partial charge in [0.2, 0.25) is 0 Å². The van der Waals surface area contributed by atoms with Gasteiger partial charge in [-0.25, -0.2) is 4.79 Å². The number of anilines is 1. The van der Waals surface area contributed by atoms with Gasteiger partial charge in [0, 0.05) is 17.3 Å². The highest BCUT2D eigenvalue weighted by atomic mass is 16.5. The van der Waals surface area contributed by atoms with Gasteiger partial charge in [0.05, 0.1) is 26.0 Å². The summed E-state index contributed by atoms with van der Waals surface area (Å²) >= 11 is 0. The minimum atomic E-state index is -0.716. The van der Waals surface area contributed by atoms with Crippen molar-refractivity contribution in [3.63, 3.8) is 0 Å². The van der Waals surface area contributed by atoms with Gasteiger partial charge in [-0.2, -0.15) is 0 Å². The van der Waals surface area contributed by atoms with E-state index >= 15 is 0 Å². The molecule has 1 heterocycles. The lowest BCUT2D eigenvalue weighted by atomic mass is 10.1. The molecule has 0 saturated carbocycles. The third-order valence-corrected chi connectivity index (χ3v) is 4.13. The Balaban J connectivity index is 2.04. The van der Waals surface area contributed by atoms with Gasteiger partial charge in [0.1, 0.15) is 17.2 Å². The summed E-state index contributed by atoms with van der Waals surface area (Å²) in [5.41, 5.74) is 2.55. The third-order valence-electron chi connectivity index (χ3n) is 4.13. The Bertz CT molecular complexity index is 841. The summed E-state index contributed by atoms with van der Waals surface area (Å²) in [4.78, 5) is 27.3. The Hall–Kier alpha value is -3.00. The molecule has 0 unspecified atom stereocenters. The average molecular weight is 376 g/mol. The molecule has 0 bridgehead atoms. The van der Waals surface area contributed by atoms with Crippen molar-refractivity contribution in [1.29, 1.82) is 0 Å². The summed E-state index contributed by atoms with van der Waals surface area (Å²) in [5, 5.41) is 12.4. The first-order chi connectivity index (χ1) is 12.8. The van der Waals surface area contributed by atoms with Crippen molar-refractivity contribution in [1.82, 2.24) is 4.98 Å². The Morgan fingerprint density at radius 3 is 2.48 bits per heavy atom. The highest BCUT2D eigenvalue weighted by Crippen LogP contribution is 2.29. The van der Waals surface area contributed by atoms with Crippen molar-refractivity contribution in [2.75, 3.05) is 26.1 Å². The number of hydrogen-bond donors (Lipinski definition) is 3. The van der Waals surface area contributed by atoms with Crippen molar-refractivity contribution in [3.05, 3.63) is 40.7 Å². The van der Waals surface area contributed by atoms with Crippen LogP contribution in [0.5, 0.6) is 11.5 Å². The number of aliphatic hydroxyl groups is 1. The van der Waals surface area contributed by atoms with E-state index in [1.54, 1.807) is 39.0 Å². The SMILES string of the molecule is COc1ccc(OC)c(NC(=O)COC(=O)c2[nH]c(C)c([C@@H](C)O)c2C)c1. The summed E-state index contributed by atoms with van der Waals surface area (Å²) in [6.45, 7) is 4.62. The molecule has 2 rings (SSSR count). The summed E-state index contributed by atoms with van der Waals surface area (Å²) in [5.74, 6) is -0.194. The van der Waals surface area contributed by atoms with Crippen LogP contribution in [0, 0.1) is 13.8 Å². The minimum Gasteiger partial charge on any atom is -0.497 e. The molecule has 0 fully saturated rings. The number of aliphatic hydroxyl groups excluding tert-OH is 1. The number of hydrogen-bond acceptors (Lipinski definition) is 6. The van der Waals surface area contributed by atoms with Gasteiger partial charge in [-0.15, -0.1) is 0 Å². The van der Waals surface area contributed by atoms with Gasteiger partial charge in [0.25, 0.3) is 5.91 Å². The maximum absolute atomic E-state index is 12.3. The normalized spacial score (nSPS) is 11.6. The number of ether oxygens (including phenoxy) is 3. The molecule has 3 N–H and O–H groups in total. The van der Waals surface area contributed by atoms with Crippen LogP contribution in [0.2, 0.25) is 0 Å². The molecule has 2 aromatic rings. The summed E-state index contributed by atoms with van der Waals surface area (Å²) in [7, 11) is 2.99. The van der Waals surface area contributed by atoms with Crippen molar-refractivity contribution in [2.45, 2.75) is 26.9 Å². The summed E-state index contributed by atoms with van der Waals surface area (Å²) < 4.78 is 15.4. The largest absolute Gasteiger partial charge is 0.497 e. The van der Waals surface area contributed by atoms with Crippen LogP contribution >= 0.6 is 0 Å². The topological polar surface area (TPSA) is 110 Å². The van der Waals surface area contributed by atoms with E-state index in [0.29, 0.717) is 34.0 Å².